The van der Waals surface area contributed by atoms with Crippen molar-refractivity contribution in [3.8, 4) is 0 Å². The Hall–Kier alpha value is -0.465. The molecule has 0 rings (SSSR count). The fourth-order valence-electron chi connectivity index (χ4n) is 0.351. The third kappa shape index (κ3) is 2.67. The third-order valence-electron chi connectivity index (χ3n) is 1.00. The summed E-state index contributed by atoms with van der Waals surface area (Å²) in [5.74, 6) is 0.0652. The van der Waals surface area contributed by atoms with E-state index in [1.807, 2.05) is 0 Å². The molecule has 0 bridgehead atoms. The lowest BCUT2D eigenvalue weighted by Crippen LogP contribution is -2.24. The molecule has 1 amide bonds. The first-order valence-corrected chi connectivity index (χ1v) is 2.60. The molecule has 8 heavy (non-hydrogen) atoms. The van der Waals surface area contributed by atoms with Gasteiger partial charge in [-0.2, -0.15) is 0 Å². The second-order valence-electron chi connectivity index (χ2n) is 1.73. The van der Waals surface area contributed by atoms with Crippen molar-refractivity contribution >= 4 is 13.8 Å². The van der Waals surface area contributed by atoms with Crippen LogP contribution >= 0.6 is 0 Å². The Morgan fingerprint density at radius 2 is 2.25 bits per heavy atom. The van der Waals surface area contributed by atoms with Gasteiger partial charge in [0.1, 0.15) is 0 Å². The first kappa shape index (κ1) is 7.53. The Kier molecular flexibility index (Phi) is 3.32. The molecule has 0 unspecified atom stereocenters. The summed E-state index contributed by atoms with van der Waals surface area (Å²) in [5.41, 5.74) is 0. The van der Waals surface area contributed by atoms with Crippen molar-refractivity contribution in [3.05, 3.63) is 0 Å². The molecule has 0 aromatic carbocycles. The zero-order valence-electron chi connectivity index (χ0n) is 5.35. The predicted molar refractivity (Wildman–Crippen MR) is 33.9 cm³/mol. The molecule has 3 heteroatoms. The molecule has 0 aliphatic heterocycles. The van der Waals surface area contributed by atoms with Gasteiger partial charge in [-0.1, -0.05) is 6.32 Å². The third-order valence-corrected chi connectivity index (χ3v) is 1.00. The summed E-state index contributed by atoms with van der Waals surface area (Å²) in [6.07, 6.45) is 0.538. The number of hydrogen-bond acceptors (Lipinski definition) is 1. The van der Waals surface area contributed by atoms with Crippen molar-refractivity contribution in [2.45, 2.75) is 13.2 Å². The molecule has 0 fully saturated rings. The topological polar surface area (TPSA) is 20.3 Å². The van der Waals surface area contributed by atoms with Crippen LogP contribution in [0, 0.1) is 0 Å². The lowest BCUT2D eigenvalue weighted by Gasteiger charge is -2.11. The predicted octanol–water partition coefficient (Wildman–Crippen LogP) is 0.0515. The van der Waals surface area contributed by atoms with E-state index >= 15 is 0 Å². The molecule has 0 aromatic rings. The van der Waals surface area contributed by atoms with E-state index in [9.17, 15) is 4.79 Å². The Labute approximate surface area is 51.3 Å². The van der Waals surface area contributed by atoms with E-state index < -0.39 is 0 Å². The molecule has 0 N–H and O–H groups in total. The average molecular weight is 111 g/mol. The highest BCUT2D eigenvalue weighted by atomic mass is 16.2. The Morgan fingerprint density at radius 3 is 2.38 bits per heavy atom. The Balaban J connectivity index is 3.32. The van der Waals surface area contributed by atoms with Crippen LogP contribution in [0.3, 0.4) is 0 Å². The van der Waals surface area contributed by atoms with Crippen LogP contribution in [0.25, 0.3) is 0 Å². The van der Waals surface area contributed by atoms with E-state index in [4.69, 9.17) is 7.85 Å². The molecular formula is C5H10BNO. The van der Waals surface area contributed by atoms with Gasteiger partial charge >= 0.3 is 0 Å². The standard InChI is InChI=1S/C5H10BNO/c1-5(8)7(2)4-3-6/h3-4H2,1-2H3. The summed E-state index contributed by atoms with van der Waals surface area (Å²) in [6, 6.07) is 0. The summed E-state index contributed by atoms with van der Waals surface area (Å²) in [7, 11) is 6.90. The van der Waals surface area contributed by atoms with Crippen LogP contribution in [0.15, 0.2) is 0 Å². The molecule has 0 aromatic heterocycles. The molecule has 0 saturated carbocycles. The normalized spacial score (nSPS) is 8.75. The van der Waals surface area contributed by atoms with Gasteiger partial charge in [0.05, 0.1) is 7.85 Å². The highest BCUT2D eigenvalue weighted by Crippen LogP contribution is 1.83. The summed E-state index contributed by atoms with van der Waals surface area (Å²) < 4.78 is 0. The van der Waals surface area contributed by atoms with Crippen molar-refractivity contribution in [1.82, 2.24) is 4.90 Å². The van der Waals surface area contributed by atoms with E-state index in [-0.39, 0.29) is 5.91 Å². The molecular weight excluding hydrogens is 101 g/mol. The number of amides is 1. The maximum Gasteiger partial charge on any atom is 0.219 e. The average Bonchev–Trinajstić information content (AvgIpc) is 1.67. The molecule has 0 atom stereocenters. The Morgan fingerprint density at radius 1 is 1.75 bits per heavy atom. The molecule has 44 valence electrons. The van der Waals surface area contributed by atoms with Crippen LogP contribution in [0.5, 0.6) is 0 Å². The lowest BCUT2D eigenvalue weighted by atomic mass is 10.1. The van der Waals surface area contributed by atoms with Gasteiger partial charge < -0.3 is 4.90 Å². The summed E-state index contributed by atoms with van der Waals surface area (Å²) >= 11 is 0. The van der Waals surface area contributed by atoms with E-state index in [2.05, 4.69) is 0 Å². The molecule has 0 spiro atoms. The van der Waals surface area contributed by atoms with Crippen LogP contribution in [0.2, 0.25) is 6.32 Å². The minimum absolute atomic E-state index is 0.0652. The van der Waals surface area contributed by atoms with Crippen molar-refractivity contribution in [1.29, 1.82) is 0 Å². The zero-order chi connectivity index (χ0) is 6.57. The highest BCUT2D eigenvalue weighted by Gasteiger charge is 1.96. The SMILES string of the molecule is [B]CCN(C)C(C)=O. The van der Waals surface area contributed by atoms with Crippen LogP contribution in [-0.4, -0.2) is 32.2 Å². The fourth-order valence-corrected chi connectivity index (χ4v) is 0.351. The minimum atomic E-state index is 0.0652. The van der Waals surface area contributed by atoms with Crippen LogP contribution in [-0.2, 0) is 4.79 Å². The van der Waals surface area contributed by atoms with Crippen LogP contribution in [0.4, 0.5) is 0 Å². The minimum Gasteiger partial charge on any atom is -0.347 e. The molecule has 0 aliphatic carbocycles. The van der Waals surface area contributed by atoms with E-state index in [0.29, 0.717) is 12.9 Å². The van der Waals surface area contributed by atoms with E-state index in [1.165, 1.54) is 6.92 Å². The van der Waals surface area contributed by atoms with Gasteiger partial charge in [-0.3, -0.25) is 4.79 Å². The Bertz CT molecular complexity index is 84.5. The van der Waals surface area contributed by atoms with Crippen molar-refractivity contribution < 1.29 is 4.79 Å². The summed E-state index contributed by atoms with van der Waals surface area (Å²) in [4.78, 5) is 12.0. The number of carbonyl (C=O) groups is 1. The van der Waals surface area contributed by atoms with Gasteiger partial charge in [-0.15, -0.1) is 0 Å². The number of nitrogens with zero attached hydrogens (tertiary/aromatic N) is 1. The van der Waals surface area contributed by atoms with Gasteiger partial charge in [0.2, 0.25) is 5.91 Å². The van der Waals surface area contributed by atoms with Gasteiger partial charge in [0, 0.05) is 20.5 Å². The molecule has 0 saturated heterocycles. The quantitative estimate of drug-likeness (QED) is 0.461. The van der Waals surface area contributed by atoms with Gasteiger partial charge in [0.25, 0.3) is 0 Å². The smallest absolute Gasteiger partial charge is 0.219 e. The molecule has 2 nitrogen and oxygen atoms in total. The van der Waals surface area contributed by atoms with E-state index in [1.54, 1.807) is 11.9 Å². The van der Waals surface area contributed by atoms with Crippen LogP contribution < -0.4 is 0 Å². The number of carbonyl (C=O) groups excluding carboxylic acids is 1. The lowest BCUT2D eigenvalue weighted by molar-refractivity contribution is -0.127. The number of hydrogen-bond donors (Lipinski definition) is 0. The maximum absolute atomic E-state index is 10.4. The van der Waals surface area contributed by atoms with Crippen LogP contribution in [0.1, 0.15) is 6.92 Å². The fraction of sp³-hybridized carbons (Fsp3) is 0.800. The van der Waals surface area contributed by atoms with Crippen molar-refractivity contribution in [3.63, 3.8) is 0 Å². The maximum atomic E-state index is 10.4. The second kappa shape index (κ2) is 3.53. The molecule has 0 aliphatic rings. The molecule has 2 radical (unpaired) electrons. The van der Waals surface area contributed by atoms with E-state index in [0.717, 1.165) is 0 Å². The first-order valence-electron chi connectivity index (χ1n) is 2.60. The monoisotopic (exact) mass is 111 g/mol. The zero-order valence-corrected chi connectivity index (χ0v) is 5.35. The highest BCUT2D eigenvalue weighted by molar-refractivity contribution is 6.08. The van der Waals surface area contributed by atoms with Gasteiger partial charge in [0.15, 0.2) is 0 Å². The summed E-state index contributed by atoms with van der Waals surface area (Å²) in [6.45, 7) is 2.17. The van der Waals surface area contributed by atoms with Gasteiger partial charge in [-0.25, -0.2) is 0 Å². The van der Waals surface area contributed by atoms with Crippen molar-refractivity contribution in [2.24, 2.45) is 0 Å². The first-order chi connectivity index (χ1) is 3.68. The second-order valence-corrected chi connectivity index (χ2v) is 1.73. The van der Waals surface area contributed by atoms with Gasteiger partial charge in [-0.05, 0) is 0 Å². The number of rotatable bonds is 2. The summed E-state index contributed by atoms with van der Waals surface area (Å²) in [5, 5.41) is 0. The molecule has 0 heterocycles. The van der Waals surface area contributed by atoms with Crippen molar-refractivity contribution in [2.75, 3.05) is 13.6 Å². The largest absolute Gasteiger partial charge is 0.347 e.